The zero-order valence-electron chi connectivity index (χ0n) is 18.0. The lowest BCUT2D eigenvalue weighted by Gasteiger charge is -2.27. The number of H-pyrrole nitrogens is 1. The van der Waals surface area contributed by atoms with Gasteiger partial charge in [0, 0.05) is 6.20 Å². The minimum atomic E-state index is -2.16. The zero-order valence-corrected chi connectivity index (χ0v) is 18.0. The number of aliphatic hydroxyl groups excluding tert-OH is 4. The number of aromatic carboxylic acids is 1. The van der Waals surface area contributed by atoms with Crippen molar-refractivity contribution in [1.82, 2.24) is 14.9 Å². The van der Waals surface area contributed by atoms with Crippen molar-refractivity contribution in [1.29, 1.82) is 0 Å². The van der Waals surface area contributed by atoms with E-state index in [-0.39, 0.29) is 0 Å². The number of amides is 2. The van der Waals surface area contributed by atoms with E-state index in [9.17, 15) is 54.3 Å². The van der Waals surface area contributed by atoms with E-state index in [4.69, 9.17) is 21.3 Å². The van der Waals surface area contributed by atoms with E-state index in [1.807, 2.05) is 5.32 Å². The maximum absolute atomic E-state index is 12.4. The van der Waals surface area contributed by atoms with Crippen molar-refractivity contribution in [2.24, 2.45) is 11.5 Å². The first-order valence-electron chi connectivity index (χ1n) is 9.84. The lowest BCUT2D eigenvalue weighted by molar-refractivity contribution is -0.150. The van der Waals surface area contributed by atoms with Crippen LogP contribution in [0.25, 0.3) is 0 Å². The lowest BCUT2D eigenvalue weighted by Crippen LogP contribution is -2.60. The highest BCUT2D eigenvalue weighted by Crippen LogP contribution is 2.30. The molecule has 2 amide bonds. The molecule has 0 bridgehead atoms. The van der Waals surface area contributed by atoms with Crippen LogP contribution in [0.2, 0.25) is 0 Å². The standard InChI is InChI=1S/C17H23N5O14/c18-5(7(24)4(23)2-35-16(19)33)12(28)20-6(15(31)32)10-8(25)9(26)13(36-10)22-1-3(14(29)30)11(27)21-17(22)34/h1,4-10,13,23-26H,2,18H2,(H2,19,33)(H,20,28)(H,29,30)(H,31,32)(H,21,27,34)/t4-,5-,6-,7+,8-,9+,10+,13?/m0/s1. The Balaban J connectivity index is 2.25. The third-order valence-corrected chi connectivity index (χ3v) is 5.10. The Morgan fingerprint density at radius 2 is 1.78 bits per heavy atom. The van der Waals surface area contributed by atoms with Crippen molar-refractivity contribution in [2.45, 2.75) is 48.8 Å². The predicted molar refractivity (Wildman–Crippen MR) is 109 cm³/mol. The second kappa shape index (κ2) is 11.2. The molecule has 2 rings (SSSR count). The van der Waals surface area contributed by atoms with E-state index in [0.29, 0.717) is 10.8 Å². The van der Waals surface area contributed by atoms with E-state index in [1.54, 1.807) is 4.98 Å². The number of aromatic nitrogens is 2. The van der Waals surface area contributed by atoms with E-state index in [2.05, 4.69) is 4.74 Å². The Labute approximate surface area is 198 Å². The van der Waals surface area contributed by atoms with Gasteiger partial charge >= 0.3 is 23.7 Å². The molecule has 1 aliphatic rings. The molecule has 1 unspecified atom stereocenters. The average Bonchev–Trinajstić information content (AvgIpc) is 3.08. The highest BCUT2D eigenvalue weighted by atomic mass is 16.6. The molecule has 1 aliphatic heterocycles. The van der Waals surface area contributed by atoms with Gasteiger partial charge in [-0.25, -0.2) is 19.2 Å². The summed E-state index contributed by atoms with van der Waals surface area (Å²) in [5.41, 5.74) is 6.72. The number of carboxylic acid groups (broad SMARTS) is 2. The number of carbonyl (C=O) groups excluding carboxylic acids is 2. The zero-order chi connectivity index (χ0) is 27.5. The SMILES string of the molecule is NC(=O)OC[C@H](O)[C@@H](O)[C@H](N)C(=O)N[C@H](C(=O)O)[C@H]1OC(n2cc(C(=O)O)c(=O)[nH]c2=O)[C@H](O)[C@@H]1O. The van der Waals surface area contributed by atoms with Crippen LogP contribution in [-0.2, 0) is 19.1 Å². The van der Waals surface area contributed by atoms with Crippen LogP contribution in [-0.4, -0.2) is 113 Å². The molecule has 1 fully saturated rings. The summed E-state index contributed by atoms with van der Waals surface area (Å²) in [7, 11) is 0. The van der Waals surface area contributed by atoms with Gasteiger partial charge in [0.2, 0.25) is 5.91 Å². The Morgan fingerprint density at radius 3 is 2.31 bits per heavy atom. The van der Waals surface area contributed by atoms with Gasteiger partial charge in [-0.2, -0.15) is 0 Å². The van der Waals surface area contributed by atoms with Crippen molar-refractivity contribution < 1.29 is 59.3 Å². The van der Waals surface area contributed by atoms with Gasteiger partial charge in [0.25, 0.3) is 5.56 Å². The Bertz CT molecular complexity index is 1130. The molecule has 0 aromatic carbocycles. The fourth-order valence-electron chi connectivity index (χ4n) is 3.21. The van der Waals surface area contributed by atoms with Gasteiger partial charge in [0.05, 0.1) is 0 Å². The summed E-state index contributed by atoms with van der Waals surface area (Å²) in [5.74, 6) is -4.98. The molecule has 1 aromatic heterocycles. The predicted octanol–water partition coefficient (Wildman–Crippen LogP) is -6.43. The van der Waals surface area contributed by atoms with Crippen LogP contribution in [0.15, 0.2) is 15.8 Å². The highest BCUT2D eigenvalue weighted by Gasteiger charge is 2.50. The van der Waals surface area contributed by atoms with Crippen LogP contribution < -0.4 is 28.0 Å². The molecule has 2 heterocycles. The first-order chi connectivity index (χ1) is 16.7. The van der Waals surface area contributed by atoms with Crippen molar-refractivity contribution in [3.05, 3.63) is 32.6 Å². The lowest BCUT2D eigenvalue weighted by atomic mass is 10.0. The van der Waals surface area contributed by atoms with E-state index < -0.39 is 96.2 Å². The highest BCUT2D eigenvalue weighted by molar-refractivity contribution is 5.88. The van der Waals surface area contributed by atoms with Crippen LogP contribution in [0, 0.1) is 0 Å². The van der Waals surface area contributed by atoms with Crippen molar-refractivity contribution in [2.75, 3.05) is 6.61 Å². The number of carbonyl (C=O) groups is 4. The maximum atomic E-state index is 12.4. The van der Waals surface area contributed by atoms with Crippen molar-refractivity contribution >= 4 is 23.9 Å². The van der Waals surface area contributed by atoms with Crippen LogP contribution in [0.3, 0.4) is 0 Å². The van der Waals surface area contributed by atoms with Crippen LogP contribution >= 0.6 is 0 Å². The summed E-state index contributed by atoms with van der Waals surface area (Å²) < 4.78 is 9.88. The molecule has 12 N–H and O–H groups in total. The first-order valence-corrected chi connectivity index (χ1v) is 9.84. The summed E-state index contributed by atoms with van der Waals surface area (Å²) in [6.07, 6.45) is -12.8. The second-order valence-corrected chi connectivity index (χ2v) is 7.53. The topological polar surface area (TPSA) is 327 Å². The average molecular weight is 521 g/mol. The summed E-state index contributed by atoms with van der Waals surface area (Å²) in [5, 5.41) is 60.7. The first kappa shape index (κ1) is 28.4. The number of hydrogen-bond donors (Lipinski definition) is 10. The van der Waals surface area contributed by atoms with Crippen LogP contribution in [0.5, 0.6) is 0 Å². The fourth-order valence-corrected chi connectivity index (χ4v) is 3.21. The fraction of sp³-hybridized carbons (Fsp3) is 0.529. The number of aliphatic hydroxyl groups is 4. The number of nitrogens with two attached hydrogens (primary N) is 2. The third-order valence-electron chi connectivity index (χ3n) is 5.10. The number of primary amides is 1. The molecule has 1 aromatic rings. The molecule has 200 valence electrons. The minimum Gasteiger partial charge on any atom is -0.480 e. The Hall–Kier alpha value is -3.88. The quantitative estimate of drug-likeness (QED) is 0.137. The Kier molecular flexibility index (Phi) is 8.85. The molecule has 8 atom stereocenters. The number of ether oxygens (including phenoxy) is 2. The van der Waals surface area contributed by atoms with Gasteiger partial charge < -0.3 is 56.9 Å². The molecule has 0 radical (unpaired) electrons. The summed E-state index contributed by atoms with van der Waals surface area (Å²) in [6, 6.07) is -4.17. The van der Waals surface area contributed by atoms with Crippen LogP contribution in [0.1, 0.15) is 16.6 Å². The smallest absolute Gasteiger partial charge is 0.404 e. The van der Waals surface area contributed by atoms with E-state index in [0.717, 1.165) is 0 Å². The number of rotatable bonds is 10. The van der Waals surface area contributed by atoms with Gasteiger partial charge in [0.15, 0.2) is 12.3 Å². The van der Waals surface area contributed by atoms with Gasteiger partial charge in [-0.3, -0.25) is 19.1 Å². The van der Waals surface area contributed by atoms with Gasteiger partial charge in [-0.05, 0) is 0 Å². The molecular formula is C17H23N5O14. The normalized spacial score (nSPS) is 24.8. The van der Waals surface area contributed by atoms with Gasteiger partial charge in [-0.15, -0.1) is 0 Å². The van der Waals surface area contributed by atoms with Gasteiger partial charge in [-0.1, -0.05) is 0 Å². The molecule has 0 saturated carbocycles. The molecule has 0 aliphatic carbocycles. The molecule has 19 nitrogen and oxygen atoms in total. The molecule has 1 saturated heterocycles. The Morgan fingerprint density at radius 1 is 1.17 bits per heavy atom. The summed E-state index contributed by atoms with van der Waals surface area (Å²) in [4.78, 5) is 71.3. The van der Waals surface area contributed by atoms with Crippen molar-refractivity contribution in [3.63, 3.8) is 0 Å². The molecular weight excluding hydrogens is 498 g/mol. The van der Waals surface area contributed by atoms with E-state index >= 15 is 0 Å². The number of nitrogens with zero attached hydrogens (tertiary/aromatic N) is 1. The number of carboxylic acids is 2. The van der Waals surface area contributed by atoms with Crippen LogP contribution in [0.4, 0.5) is 4.79 Å². The molecule has 36 heavy (non-hydrogen) atoms. The summed E-state index contributed by atoms with van der Waals surface area (Å²) >= 11 is 0. The maximum Gasteiger partial charge on any atom is 0.404 e. The van der Waals surface area contributed by atoms with E-state index in [1.165, 1.54) is 0 Å². The number of aliphatic carboxylic acids is 1. The molecule has 19 heteroatoms. The third kappa shape index (κ3) is 6.02. The van der Waals surface area contributed by atoms with Gasteiger partial charge in [0.1, 0.15) is 48.7 Å². The monoisotopic (exact) mass is 521 g/mol. The number of aromatic amines is 1. The number of nitrogens with one attached hydrogen (secondary N) is 2. The second-order valence-electron chi connectivity index (χ2n) is 7.53. The number of hydrogen-bond acceptors (Lipinski definition) is 13. The largest absolute Gasteiger partial charge is 0.480 e. The summed E-state index contributed by atoms with van der Waals surface area (Å²) in [6.45, 7) is -0.857. The molecule has 0 spiro atoms. The van der Waals surface area contributed by atoms with Crippen molar-refractivity contribution in [3.8, 4) is 0 Å². The minimum absolute atomic E-state index is 0.393.